The molecule has 2 rings (SSSR count). The second-order valence-corrected chi connectivity index (χ2v) is 4.52. The van der Waals surface area contributed by atoms with Crippen molar-refractivity contribution in [3.63, 3.8) is 0 Å². The molecule has 0 radical (unpaired) electrons. The number of carbonyl (C=O) groups excluding carboxylic acids is 1. The molecular formula is C13H15FN2O4. The van der Waals surface area contributed by atoms with E-state index in [4.69, 9.17) is 9.84 Å². The molecule has 108 valence electrons. The SMILES string of the molecule is COC1CCN(C(=O)Nc2cc(C(=O)O)ccc2F)C1. The molecule has 1 atom stereocenters. The molecule has 0 aliphatic carbocycles. The molecule has 1 heterocycles. The van der Waals surface area contributed by atoms with Gasteiger partial charge in [-0.1, -0.05) is 0 Å². The highest BCUT2D eigenvalue weighted by Gasteiger charge is 2.26. The first-order chi connectivity index (χ1) is 9.51. The van der Waals surface area contributed by atoms with Gasteiger partial charge in [0.2, 0.25) is 0 Å². The first-order valence-corrected chi connectivity index (χ1v) is 6.13. The van der Waals surface area contributed by atoms with Crippen LogP contribution in [0.3, 0.4) is 0 Å². The molecule has 1 aromatic rings. The maximum atomic E-state index is 13.6. The van der Waals surface area contributed by atoms with E-state index in [-0.39, 0.29) is 17.4 Å². The van der Waals surface area contributed by atoms with Crippen LogP contribution in [0.2, 0.25) is 0 Å². The zero-order valence-electron chi connectivity index (χ0n) is 10.9. The Morgan fingerprint density at radius 2 is 2.25 bits per heavy atom. The number of amides is 2. The average Bonchev–Trinajstić information content (AvgIpc) is 2.89. The van der Waals surface area contributed by atoms with Crippen LogP contribution in [0.15, 0.2) is 18.2 Å². The van der Waals surface area contributed by atoms with Crippen molar-refractivity contribution in [1.82, 2.24) is 4.90 Å². The van der Waals surface area contributed by atoms with E-state index in [1.54, 1.807) is 7.11 Å². The molecule has 0 saturated carbocycles. The Morgan fingerprint density at radius 3 is 2.85 bits per heavy atom. The third kappa shape index (κ3) is 3.05. The van der Waals surface area contributed by atoms with Crippen LogP contribution < -0.4 is 5.32 Å². The number of likely N-dealkylation sites (tertiary alicyclic amines) is 1. The predicted molar refractivity (Wildman–Crippen MR) is 69.4 cm³/mol. The number of aromatic carboxylic acids is 1. The van der Waals surface area contributed by atoms with Crippen LogP contribution >= 0.6 is 0 Å². The van der Waals surface area contributed by atoms with Gasteiger partial charge in [0.05, 0.1) is 17.4 Å². The lowest BCUT2D eigenvalue weighted by Crippen LogP contribution is -2.34. The van der Waals surface area contributed by atoms with Crippen molar-refractivity contribution in [2.75, 3.05) is 25.5 Å². The van der Waals surface area contributed by atoms with Gasteiger partial charge in [0.1, 0.15) is 5.82 Å². The average molecular weight is 282 g/mol. The Kier molecular flexibility index (Phi) is 4.19. The monoisotopic (exact) mass is 282 g/mol. The van der Waals surface area contributed by atoms with Gasteiger partial charge in [-0.3, -0.25) is 0 Å². The zero-order valence-corrected chi connectivity index (χ0v) is 10.9. The van der Waals surface area contributed by atoms with Gasteiger partial charge in [-0.2, -0.15) is 0 Å². The van der Waals surface area contributed by atoms with Crippen molar-refractivity contribution in [3.05, 3.63) is 29.6 Å². The fourth-order valence-corrected chi connectivity index (χ4v) is 2.05. The molecule has 2 N–H and O–H groups in total. The molecule has 1 aromatic carbocycles. The number of hydrogen-bond acceptors (Lipinski definition) is 3. The Hall–Kier alpha value is -2.15. The highest BCUT2D eigenvalue weighted by Crippen LogP contribution is 2.19. The Morgan fingerprint density at radius 1 is 1.50 bits per heavy atom. The molecule has 1 aliphatic rings. The number of nitrogens with one attached hydrogen (secondary N) is 1. The molecule has 1 saturated heterocycles. The van der Waals surface area contributed by atoms with Crippen LogP contribution in [-0.2, 0) is 4.74 Å². The largest absolute Gasteiger partial charge is 0.478 e. The lowest BCUT2D eigenvalue weighted by Gasteiger charge is -2.17. The third-order valence-electron chi connectivity index (χ3n) is 3.22. The lowest BCUT2D eigenvalue weighted by molar-refractivity contribution is 0.0697. The number of carbonyl (C=O) groups is 2. The number of benzene rings is 1. The quantitative estimate of drug-likeness (QED) is 0.885. The number of carboxylic acid groups (broad SMARTS) is 1. The highest BCUT2D eigenvalue weighted by atomic mass is 19.1. The standard InChI is InChI=1S/C13H15FN2O4/c1-20-9-4-5-16(7-9)13(19)15-11-6-8(12(17)18)2-3-10(11)14/h2-3,6,9H,4-5,7H2,1H3,(H,15,19)(H,17,18). The second-order valence-electron chi connectivity index (χ2n) is 4.52. The molecule has 0 bridgehead atoms. The summed E-state index contributed by atoms with van der Waals surface area (Å²) in [6.45, 7) is 0.952. The number of methoxy groups -OCH3 is 1. The van der Waals surface area contributed by atoms with E-state index in [2.05, 4.69) is 5.32 Å². The highest BCUT2D eigenvalue weighted by molar-refractivity contribution is 5.93. The number of hydrogen-bond donors (Lipinski definition) is 2. The normalized spacial score (nSPS) is 18.1. The molecule has 20 heavy (non-hydrogen) atoms. The van der Waals surface area contributed by atoms with Crippen LogP contribution in [0.4, 0.5) is 14.9 Å². The fourth-order valence-electron chi connectivity index (χ4n) is 2.05. The van der Waals surface area contributed by atoms with E-state index >= 15 is 0 Å². The predicted octanol–water partition coefficient (Wildman–Crippen LogP) is 1.78. The maximum absolute atomic E-state index is 13.6. The third-order valence-corrected chi connectivity index (χ3v) is 3.22. The summed E-state index contributed by atoms with van der Waals surface area (Å²) in [5, 5.41) is 11.2. The van der Waals surface area contributed by atoms with Crippen molar-refractivity contribution >= 4 is 17.7 Å². The van der Waals surface area contributed by atoms with Gasteiger partial charge in [0, 0.05) is 20.2 Å². The van der Waals surface area contributed by atoms with Crippen LogP contribution in [0.5, 0.6) is 0 Å². The minimum Gasteiger partial charge on any atom is -0.478 e. The molecule has 6 nitrogen and oxygen atoms in total. The minimum atomic E-state index is -1.18. The van der Waals surface area contributed by atoms with Crippen molar-refractivity contribution in [3.8, 4) is 0 Å². The van der Waals surface area contributed by atoms with Gasteiger partial charge in [0.15, 0.2) is 0 Å². The maximum Gasteiger partial charge on any atom is 0.335 e. The molecule has 2 amide bonds. The molecule has 1 aliphatic heterocycles. The molecular weight excluding hydrogens is 267 g/mol. The van der Waals surface area contributed by atoms with Gasteiger partial charge in [-0.25, -0.2) is 14.0 Å². The van der Waals surface area contributed by atoms with Gasteiger partial charge in [0.25, 0.3) is 0 Å². The van der Waals surface area contributed by atoms with Crippen molar-refractivity contribution in [1.29, 1.82) is 0 Å². The van der Waals surface area contributed by atoms with E-state index in [9.17, 15) is 14.0 Å². The summed E-state index contributed by atoms with van der Waals surface area (Å²) in [7, 11) is 1.57. The summed E-state index contributed by atoms with van der Waals surface area (Å²) in [5.41, 5.74) is -0.228. The van der Waals surface area contributed by atoms with Gasteiger partial charge in [-0.05, 0) is 24.6 Å². The van der Waals surface area contributed by atoms with E-state index in [0.717, 1.165) is 24.6 Å². The van der Waals surface area contributed by atoms with Crippen LogP contribution in [-0.4, -0.2) is 48.3 Å². The van der Waals surface area contributed by atoms with Crippen molar-refractivity contribution in [2.45, 2.75) is 12.5 Å². The number of carboxylic acids is 1. The Labute approximate surface area is 115 Å². The summed E-state index contributed by atoms with van der Waals surface area (Å²) < 4.78 is 18.7. The molecule has 7 heteroatoms. The summed E-state index contributed by atoms with van der Waals surface area (Å²) in [6, 6.07) is 2.79. The number of halogens is 1. The smallest absolute Gasteiger partial charge is 0.335 e. The van der Waals surface area contributed by atoms with Crippen LogP contribution in [0.25, 0.3) is 0 Å². The fraction of sp³-hybridized carbons (Fsp3) is 0.385. The van der Waals surface area contributed by atoms with Crippen molar-refractivity contribution < 1.29 is 23.8 Å². The van der Waals surface area contributed by atoms with Crippen LogP contribution in [0.1, 0.15) is 16.8 Å². The number of rotatable bonds is 3. The Balaban J connectivity index is 2.08. The van der Waals surface area contributed by atoms with E-state index in [1.165, 1.54) is 4.90 Å². The number of urea groups is 1. The number of nitrogens with zero attached hydrogens (tertiary/aromatic N) is 1. The van der Waals surface area contributed by atoms with E-state index in [1.807, 2.05) is 0 Å². The zero-order chi connectivity index (χ0) is 14.7. The minimum absolute atomic E-state index is 0.0176. The molecule has 1 fully saturated rings. The Bertz CT molecular complexity index is 535. The molecule has 1 unspecified atom stereocenters. The lowest BCUT2D eigenvalue weighted by atomic mass is 10.2. The van der Waals surface area contributed by atoms with Gasteiger partial charge >= 0.3 is 12.0 Å². The summed E-state index contributed by atoms with van der Waals surface area (Å²) in [4.78, 5) is 24.3. The van der Waals surface area contributed by atoms with Gasteiger partial charge in [-0.15, -0.1) is 0 Å². The topological polar surface area (TPSA) is 78.9 Å². The first kappa shape index (κ1) is 14.3. The first-order valence-electron chi connectivity index (χ1n) is 6.13. The summed E-state index contributed by atoms with van der Waals surface area (Å²) in [5.74, 6) is -1.85. The number of anilines is 1. The summed E-state index contributed by atoms with van der Waals surface area (Å²) in [6.07, 6.45) is 0.706. The molecule has 0 aromatic heterocycles. The van der Waals surface area contributed by atoms with E-state index in [0.29, 0.717) is 13.1 Å². The van der Waals surface area contributed by atoms with E-state index < -0.39 is 17.8 Å². The van der Waals surface area contributed by atoms with Gasteiger partial charge < -0.3 is 20.1 Å². The van der Waals surface area contributed by atoms with Crippen LogP contribution in [0, 0.1) is 5.82 Å². The number of ether oxygens (including phenoxy) is 1. The van der Waals surface area contributed by atoms with Crippen molar-refractivity contribution in [2.24, 2.45) is 0 Å². The molecule has 0 spiro atoms. The second kappa shape index (κ2) is 5.87. The summed E-state index contributed by atoms with van der Waals surface area (Å²) >= 11 is 0.